The van der Waals surface area contributed by atoms with Crippen LogP contribution in [0.25, 0.3) is 0 Å². The van der Waals surface area contributed by atoms with Gasteiger partial charge in [-0.1, -0.05) is 0 Å². The SMILES string of the molecule is CN1CCC(C(=O)CC2=NCCO2)C1. The summed E-state index contributed by atoms with van der Waals surface area (Å²) in [4.78, 5) is 18.1. The largest absolute Gasteiger partial charge is 0.479 e. The van der Waals surface area contributed by atoms with Gasteiger partial charge in [0.05, 0.1) is 13.0 Å². The summed E-state index contributed by atoms with van der Waals surface area (Å²) in [5.74, 6) is 1.13. The summed E-state index contributed by atoms with van der Waals surface area (Å²) in [6.07, 6.45) is 1.39. The highest BCUT2D eigenvalue weighted by atomic mass is 16.5. The Labute approximate surface area is 83.9 Å². The van der Waals surface area contributed by atoms with E-state index >= 15 is 0 Å². The van der Waals surface area contributed by atoms with Gasteiger partial charge in [-0.2, -0.15) is 0 Å². The highest BCUT2D eigenvalue weighted by Crippen LogP contribution is 2.17. The summed E-state index contributed by atoms with van der Waals surface area (Å²) < 4.78 is 5.23. The molecule has 14 heavy (non-hydrogen) atoms. The standard InChI is InChI=1S/C10H16N2O2/c1-12-4-2-8(7-12)9(13)6-10-11-3-5-14-10/h8H,2-7H2,1H3. The number of carbonyl (C=O) groups is 1. The lowest BCUT2D eigenvalue weighted by molar-refractivity contribution is -0.121. The fraction of sp³-hybridized carbons (Fsp3) is 0.800. The first kappa shape index (κ1) is 9.65. The summed E-state index contributed by atoms with van der Waals surface area (Å²) in [6, 6.07) is 0. The zero-order chi connectivity index (χ0) is 9.97. The van der Waals surface area contributed by atoms with Gasteiger partial charge in [-0.05, 0) is 20.0 Å². The fourth-order valence-electron chi connectivity index (χ4n) is 1.98. The molecule has 4 nitrogen and oxygen atoms in total. The van der Waals surface area contributed by atoms with Gasteiger partial charge in [0.15, 0.2) is 5.90 Å². The molecule has 78 valence electrons. The molecule has 2 aliphatic rings. The zero-order valence-corrected chi connectivity index (χ0v) is 8.53. The number of ketones is 1. The first-order valence-electron chi connectivity index (χ1n) is 5.13. The molecule has 0 radical (unpaired) electrons. The van der Waals surface area contributed by atoms with Crippen LogP contribution in [-0.2, 0) is 9.53 Å². The lowest BCUT2D eigenvalue weighted by Crippen LogP contribution is -2.21. The lowest BCUT2D eigenvalue weighted by Gasteiger charge is -2.08. The maximum Gasteiger partial charge on any atom is 0.190 e. The summed E-state index contributed by atoms with van der Waals surface area (Å²) >= 11 is 0. The number of rotatable bonds is 3. The molecule has 1 unspecified atom stereocenters. The van der Waals surface area contributed by atoms with E-state index in [1.807, 2.05) is 0 Å². The Morgan fingerprint density at radius 3 is 3.14 bits per heavy atom. The third-order valence-corrected chi connectivity index (χ3v) is 2.82. The second-order valence-electron chi connectivity index (χ2n) is 4.01. The van der Waals surface area contributed by atoms with Gasteiger partial charge in [0.1, 0.15) is 12.4 Å². The molecule has 0 amide bonds. The van der Waals surface area contributed by atoms with Crippen molar-refractivity contribution in [3.63, 3.8) is 0 Å². The number of nitrogens with zero attached hydrogens (tertiary/aromatic N) is 2. The van der Waals surface area contributed by atoms with Gasteiger partial charge >= 0.3 is 0 Å². The summed E-state index contributed by atoms with van der Waals surface area (Å²) in [6.45, 7) is 3.29. The molecule has 1 fully saturated rings. The minimum Gasteiger partial charge on any atom is -0.479 e. The van der Waals surface area contributed by atoms with Gasteiger partial charge in [0.2, 0.25) is 0 Å². The molecule has 1 atom stereocenters. The highest BCUT2D eigenvalue weighted by molar-refractivity contribution is 5.99. The number of likely N-dealkylation sites (tertiary alicyclic amines) is 1. The number of aliphatic imine (C=N–C) groups is 1. The second-order valence-corrected chi connectivity index (χ2v) is 4.01. The Morgan fingerprint density at radius 2 is 2.57 bits per heavy atom. The van der Waals surface area contributed by atoms with E-state index in [0.29, 0.717) is 25.5 Å². The normalized spacial score (nSPS) is 27.5. The molecule has 0 spiro atoms. The fourth-order valence-corrected chi connectivity index (χ4v) is 1.98. The first-order valence-corrected chi connectivity index (χ1v) is 5.13. The van der Waals surface area contributed by atoms with Crippen LogP contribution in [0.4, 0.5) is 0 Å². The Balaban J connectivity index is 1.83. The number of hydrogen-bond acceptors (Lipinski definition) is 4. The molecule has 0 aliphatic carbocycles. The predicted octanol–water partition coefficient (Wildman–Crippen LogP) is 0.326. The topological polar surface area (TPSA) is 41.9 Å². The van der Waals surface area contributed by atoms with Crippen molar-refractivity contribution in [2.45, 2.75) is 12.8 Å². The molecule has 0 bridgehead atoms. The van der Waals surface area contributed by atoms with Crippen LogP contribution in [0.3, 0.4) is 0 Å². The van der Waals surface area contributed by atoms with Gasteiger partial charge in [0.25, 0.3) is 0 Å². The zero-order valence-electron chi connectivity index (χ0n) is 8.53. The van der Waals surface area contributed by atoms with E-state index in [1.54, 1.807) is 0 Å². The summed E-state index contributed by atoms with van der Waals surface area (Å²) in [5, 5.41) is 0. The van der Waals surface area contributed by atoms with Crippen LogP contribution in [0.5, 0.6) is 0 Å². The third kappa shape index (κ3) is 2.12. The van der Waals surface area contributed by atoms with Gasteiger partial charge in [-0.3, -0.25) is 9.79 Å². The molecule has 2 rings (SSSR count). The number of ether oxygens (including phenoxy) is 1. The van der Waals surface area contributed by atoms with E-state index in [9.17, 15) is 4.79 Å². The lowest BCUT2D eigenvalue weighted by atomic mass is 10.0. The van der Waals surface area contributed by atoms with Crippen molar-refractivity contribution in [3.8, 4) is 0 Å². The summed E-state index contributed by atoms with van der Waals surface area (Å²) in [5.41, 5.74) is 0. The van der Waals surface area contributed by atoms with Crippen molar-refractivity contribution < 1.29 is 9.53 Å². The maximum absolute atomic E-state index is 11.8. The van der Waals surface area contributed by atoms with E-state index in [0.717, 1.165) is 19.5 Å². The molecule has 0 aromatic heterocycles. The molecular formula is C10H16N2O2. The molecule has 0 saturated carbocycles. The van der Waals surface area contributed by atoms with Crippen LogP contribution >= 0.6 is 0 Å². The molecule has 2 heterocycles. The third-order valence-electron chi connectivity index (χ3n) is 2.82. The molecule has 0 aromatic carbocycles. The maximum atomic E-state index is 11.8. The second kappa shape index (κ2) is 4.09. The minimum atomic E-state index is 0.201. The van der Waals surface area contributed by atoms with Crippen molar-refractivity contribution in [2.24, 2.45) is 10.9 Å². The molecular weight excluding hydrogens is 180 g/mol. The van der Waals surface area contributed by atoms with Crippen molar-refractivity contribution in [1.82, 2.24) is 4.90 Å². The number of Topliss-reactive ketones (excluding diaryl/α,β-unsaturated/α-hetero) is 1. The Kier molecular flexibility index (Phi) is 2.82. The van der Waals surface area contributed by atoms with Crippen LogP contribution in [0.15, 0.2) is 4.99 Å². The Morgan fingerprint density at radius 1 is 1.71 bits per heavy atom. The Bertz CT molecular complexity index is 263. The molecule has 2 aliphatic heterocycles. The van der Waals surface area contributed by atoms with Crippen LogP contribution in [0, 0.1) is 5.92 Å². The van der Waals surface area contributed by atoms with Gasteiger partial charge in [-0.15, -0.1) is 0 Å². The van der Waals surface area contributed by atoms with Gasteiger partial charge < -0.3 is 9.64 Å². The average Bonchev–Trinajstić information content (AvgIpc) is 2.75. The quantitative estimate of drug-likeness (QED) is 0.653. The van der Waals surface area contributed by atoms with Crippen LogP contribution in [0.1, 0.15) is 12.8 Å². The average molecular weight is 196 g/mol. The molecule has 0 N–H and O–H groups in total. The Hall–Kier alpha value is -0.900. The smallest absolute Gasteiger partial charge is 0.190 e. The molecule has 1 saturated heterocycles. The van der Waals surface area contributed by atoms with Crippen LogP contribution < -0.4 is 0 Å². The van der Waals surface area contributed by atoms with Crippen molar-refractivity contribution in [3.05, 3.63) is 0 Å². The van der Waals surface area contributed by atoms with E-state index in [1.165, 1.54) is 0 Å². The van der Waals surface area contributed by atoms with Gasteiger partial charge in [0, 0.05) is 12.5 Å². The van der Waals surface area contributed by atoms with E-state index in [4.69, 9.17) is 4.74 Å². The predicted molar refractivity (Wildman–Crippen MR) is 53.5 cm³/mol. The highest BCUT2D eigenvalue weighted by Gasteiger charge is 2.27. The van der Waals surface area contributed by atoms with Gasteiger partial charge in [-0.25, -0.2) is 0 Å². The monoisotopic (exact) mass is 196 g/mol. The van der Waals surface area contributed by atoms with Crippen molar-refractivity contribution >= 4 is 11.7 Å². The van der Waals surface area contributed by atoms with Crippen molar-refractivity contribution in [1.29, 1.82) is 0 Å². The number of hydrogen-bond donors (Lipinski definition) is 0. The van der Waals surface area contributed by atoms with E-state index in [-0.39, 0.29) is 11.7 Å². The number of carbonyl (C=O) groups excluding carboxylic acids is 1. The van der Waals surface area contributed by atoms with E-state index in [2.05, 4.69) is 16.9 Å². The first-order chi connectivity index (χ1) is 6.75. The summed E-state index contributed by atoms with van der Waals surface area (Å²) in [7, 11) is 2.05. The minimum absolute atomic E-state index is 0.201. The van der Waals surface area contributed by atoms with Crippen LogP contribution in [-0.4, -0.2) is 49.9 Å². The van der Waals surface area contributed by atoms with E-state index < -0.39 is 0 Å². The van der Waals surface area contributed by atoms with Crippen LogP contribution in [0.2, 0.25) is 0 Å². The van der Waals surface area contributed by atoms with Crippen molar-refractivity contribution in [2.75, 3.05) is 33.3 Å². The molecule has 4 heteroatoms. The molecule has 0 aromatic rings.